The molecule has 1 atom stereocenters. The summed E-state index contributed by atoms with van der Waals surface area (Å²) in [5, 5.41) is 1.24. The predicted molar refractivity (Wildman–Crippen MR) is 91.3 cm³/mol. The second-order valence-electron chi connectivity index (χ2n) is 6.64. The molecular formula is C20H18N2O. The Morgan fingerprint density at radius 1 is 1.17 bits per heavy atom. The number of aromatic amines is 1. The number of fused-ring (bicyclic) bond motifs is 5. The fourth-order valence-electron chi connectivity index (χ4n) is 4.21. The summed E-state index contributed by atoms with van der Waals surface area (Å²) in [4.78, 5) is 18.1. The number of likely N-dealkylation sites (tertiary alicyclic amines) is 1. The molecule has 3 aromatic rings. The highest BCUT2D eigenvalue weighted by atomic mass is 16.2. The Kier molecular flexibility index (Phi) is 2.52. The quantitative estimate of drug-likeness (QED) is 0.719. The highest BCUT2D eigenvalue weighted by Crippen LogP contribution is 2.50. The monoisotopic (exact) mass is 302 g/mol. The number of H-pyrrole nitrogens is 1. The third-order valence-corrected chi connectivity index (χ3v) is 5.21. The number of carbonyl (C=O) groups is 1. The number of carbonyl (C=O) groups excluding carboxylic acids is 1. The van der Waals surface area contributed by atoms with Gasteiger partial charge in [-0.15, -0.1) is 0 Å². The maximum atomic E-state index is 12.4. The standard InChI is InChI=1S/C20H18N2O/c1-12-8-9-15-16(11-12)21-19-13-5-2-3-6-14(13)20(18(15)19)22-10-4-7-17(22)23/h2-3,5-6,8-9,11,20-21H,4,7,10H2,1H3. The van der Waals surface area contributed by atoms with E-state index in [2.05, 4.69) is 59.3 Å². The zero-order valence-electron chi connectivity index (χ0n) is 13.1. The lowest BCUT2D eigenvalue weighted by Crippen LogP contribution is -2.29. The molecule has 2 aliphatic rings. The zero-order chi connectivity index (χ0) is 15.6. The Labute approximate surface area is 134 Å². The number of benzene rings is 2. The molecule has 0 radical (unpaired) electrons. The smallest absolute Gasteiger partial charge is 0.223 e. The van der Waals surface area contributed by atoms with Crippen LogP contribution in [0.4, 0.5) is 0 Å². The molecular weight excluding hydrogens is 284 g/mol. The molecule has 5 rings (SSSR count). The van der Waals surface area contributed by atoms with Crippen LogP contribution in [0.25, 0.3) is 22.2 Å². The normalized spacial score (nSPS) is 19.4. The molecule has 1 saturated heterocycles. The van der Waals surface area contributed by atoms with Crippen LogP contribution in [0.2, 0.25) is 0 Å². The van der Waals surface area contributed by atoms with Gasteiger partial charge >= 0.3 is 0 Å². The van der Waals surface area contributed by atoms with E-state index in [1.54, 1.807) is 0 Å². The minimum Gasteiger partial charge on any atom is -0.354 e. The fraction of sp³-hybridized carbons (Fsp3) is 0.250. The summed E-state index contributed by atoms with van der Waals surface area (Å²) in [5.41, 5.74) is 7.37. The van der Waals surface area contributed by atoms with Gasteiger partial charge in [0, 0.05) is 35.0 Å². The van der Waals surface area contributed by atoms with E-state index in [0.29, 0.717) is 6.42 Å². The van der Waals surface area contributed by atoms with Crippen LogP contribution < -0.4 is 0 Å². The minimum absolute atomic E-state index is 0.0626. The van der Waals surface area contributed by atoms with E-state index in [1.165, 1.54) is 38.9 Å². The van der Waals surface area contributed by atoms with Gasteiger partial charge in [0.2, 0.25) is 5.91 Å². The molecule has 2 heterocycles. The molecule has 114 valence electrons. The van der Waals surface area contributed by atoms with Gasteiger partial charge in [0.15, 0.2) is 0 Å². The first-order valence-corrected chi connectivity index (χ1v) is 8.25. The number of hydrogen-bond acceptors (Lipinski definition) is 1. The summed E-state index contributed by atoms with van der Waals surface area (Å²) in [6.07, 6.45) is 1.64. The summed E-state index contributed by atoms with van der Waals surface area (Å²) in [6.45, 7) is 2.97. The molecule has 2 aromatic carbocycles. The lowest BCUT2D eigenvalue weighted by Gasteiger charge is -2.26. The van der Waals surface area contributed by atoms with Crippen LogP contribution in [-0.4, -0.2) is 22.3 Å². The average Bonchev–Trinajstić information content (AvgIpc) is 3.20. The van der Waals surface area contributed by atoms with Crippen LogP contribution in [0.15, 0.2) is 42.5 Å². The van der Waals surface area contributed by atoms with E-state index in [9.17, 15) is 4.79 Å². The van der Waals surface area contributed by atoms with Crippen molar-refractivity contribution in [3.8, 4) is 11.3 Å². The van der Waals surface area contributed by atoms with Crippen molar-refractivity contribution in [2.24, 2.45) is 0 Å². The Morgan fingerprint density at radius 2 is 2.04 bits per heavy atom. The first-order chi connectivity index (χ1) is 11.2. The van der Waals surface area contributed by atoms with E-state index < -0.39 is 0 Å². The molecule has 0 spiro atoms. The van der Waals surface area contributed by atoms with E-state index >= 15 is 0 Å². The fourth-order valence-corrected chi connectivity index (χ4v) is 4.21. The third kappa shape index (κ3) is 1.68. The highest BCUT2D eigenvalue weighted by molar-refractivity contribution is 5.97. The third-order valence-electron chi connectivity index (χ3n) is 5.21. The molecule has 1 fully saturated rings. The summed E-state index contributed by atoms with van der Waals surface area (Å²) in [7, 11) is 0. The summed E-state index contributed by atoms with van der Waals surface area (Å²) in [6, 6.07) is 15.1. The molecule has 3 heteroatoms. The SMILES string of the molecule is Cc1ccc2c3c([nH]c2c1)-c1ccccc1C3N1CCCC1=O. The van der Waals surface area contributed by atoms with Crippen LogP contribution >= 0.6 is 0 Å². The molecule has 1 aliphatic carbocycles. The summed E-state index contributed by atoms with van der Waals surface area (Å²) < 4.78 is 0. The molecule has 1 amide bonds. The van der Waals surface area contributed by atoms with Gasteiger partial charge in [-0.1, -0.05) is 36.4 Å². The van der Waals surface area contributed by atoms with Gasteiger partial charge in [0.05, 0.1) is 11.7 Å². The van der Waals surface area contributed by atoms with E-state index in [0.717, 1.165) is 13.0 Å². The van der Waals surface area contributed by atoms with Crippen molar-refractivity contribution >= 4 is 16.8 Å². The Balaban J connectivity index is 1.82. The number of aryl methyl sites for hydroxylation is 1. The van der Waals surface area contributed by atoms with Crippen molar-refractivity contribution in [3.63, 3.8) is 0 Å². The molecule has 1 aliphatic heterocycles. The number of hydrogen-bond donors (Lipinski definition) is 1. The molecule has 1 unspecified atom stereocenters. The lowest BCUT2D eigenvalue weighted by atomic mass is 10.0. The van der Waals surface area contributed by atoms with Crippen molar-refractivity contribution in [3.05, 3.63) is 59.2 Å². The van der Waals surface area contributed by atoms with Crippen LogP contribution in [0, 0.1) is 6.92 Å². The van der Waals surface area contributed by atoms with Gasteiger partial charge in [0.1, 0.15) is 0 Å². The Bertz CT molecular complexity index is 953. The summed E-state index contributed by atoms with van der Waals surface area (Å²) >= 11 is 0. The largest absolute Gasteiger partial charge is 0.354 e. The van der Waals surface area contributed by atoms with Crippen molar-refractivity contribution < 1.29 is 4.79 Å². The second kappa shape index (κ2) is 4.48. The maximum absolute atomic E-state index is 12.4. The van der Waals surface area contributed by atoms with Crippen molar-refractivity contribution in [1.82, 2.24) is 9.88 Å². The van der Waals surface area contributed by atoms with Crippen molar-refractivity contribution in [2.45, 2.75) is 25.8 Å². The number of nitrogens with zero attached hydrogens (tertiary/aromatic N) is 1. The van der Waals surface area contributed by atoms with Crippen LogP contribution in [0.1, 0.15) is 35.6 Å². The number of amides is 1. The zero-order valence-corrected chi connectivity index (χ0v) is 13.1. The van der Waals surface area contributed by atoms with Crippen LogP contribution in [-0.2, 0) is 4.79 Å². The van der Waals surface area contributed by atoms with Crippen molar-refractivity contribution in [2.75, 3.05) is 6.54 Å². The molecule has 23 heavy (non-hydrogen) atoms. The first kappa shape index (κ1) is 12.9. The first-order valence-electron chi connectivity index (χ1n) is 8.25. The van der Waals surface area contributed by atoms with Crippen LogP contribution in [0.3, 0.4) is 0 Å². The maximum Gasteiger partial charge on any atom is 0.223 e. The molecule has 0 bridgehead atoms. The number of nitrogens with one attached hydrogen (secondary N) is 1. The summed E-state index contributed by atoms with van der Waals surface area (Å²) in [5.74, 6) is 0.277. The van der Waals surface area contributed by atoms with Gasteiger partial charge < -0.3 is 9.88 Å². The number of rotatable bonds is 1. The lowest BCUT2D eigenvalue weighted by molar-refractivity contribution is -0.129. The number of aromatic nitrogens is 1. The molecule has 1 aromatic heterocycles. The Morgan fingerprint density at radius 3 is 2.87 bits per heavy atom. The van der Waals surface area contributed by atoms with E-state index in [1.807, 2.05) is 0 Å². The van der Waals surface area contributed by atoms with Crippen molar-refractivity contribution in [1.29, 1.82) is 0 Å². The van der Waals surface area contributed by atoms with Gasteiger partial charge in [-0.3, -0.25) is 4.79 Å². The topological polar surface area (TPSA) is 36.1 Å². The van der Waals surface area contributed by atoms with Gasteiger partial charge in [-0.05, 0) is 30.5 Å². The molecule has 1 N–H and O–H groups in total. The van der Waals surface area contributed by atoms with Crippen LogP contribution in [0.5, 0.6) is 0 Å². The average molecular weight is 302 g/mol. The highest BCUT2D eigenvalue weighted by Gasteiger charge is 2.39. The molecule has 0 saturated carbocycles. The minimum atomic E-state index is 0.0626. The Hall–Kier alpha value is -2.55. The van der Waals surface area contributed by atoms with E-state index in [4.69, 9.17) is 0 Å². The van der Waals surface area contributed by atoms with Gasteiger partial charge in [0.25, 0.3) is 0 Å². The second-order valence-corrected chi connectivity index (χ2v) is 6.64. The van der Waals surface area contributed by atoms with Gasteiger partial charge in [-0.2, -0.15) is 0 Å². The van der Waals surface area contributed by atoms with E-state index in [-0.39, 0.29) is 11.9 Å². The predicted octanol–water partition coefficient (Wildman–Crippen LogP) is 4.17. The van der Waals surface area contributed by atoms with Gasteiger partial charge in [-0.25, -0.2) is 0 Å². The molecule has 3 nitrogen and oxygen atoms in total.